The van der Waals surface area contributed by atoms with Crippen molar-refractivity contribution in [3.63, 3.8) is 0 Å². The van der Waals surface area contributed by atoms with E-state index in [1.807, 2.05) is 0 Å². The Balaban J connectivity index is 0. The van der Waals surface area contributed by atoms with Crippen molar-refractivity contribution < 1.29 is 9.69 Å². The zero-order valence-corrected chi connectivity index (χ0v) is 14.2. The summed E-state index contributed by atoms with van der Waals surface area (Å²) in [6, 6.07) is 0. The van der Waals surface area contributed by atoms with Crippen molar-refractivity contribution in [2.75, 3.05) is 26.2 Å². The molecule has 0 aromatic carbocycles. The van der Waals surface area contributed by atoms with Crippen molar-refractivity contribution in [2.45, 2.75) is 79.1 Å². The van der Waals surface area contributed by atoms with Crippen LogP contribution in [0.2, 0.25) is 0 Å². The van der Waals surface area contributed by atoms with Crippen LogP contribution >= 0.6 is 0 Å². The zero-order valence-electron chi connectivity index (χ0n) is 14.2. The molecule has 0 saturated heterocycles. The molecule has 0 aliphatic carbocycles. The standard InChI is InChI=1S/C16H36N.HNO2/c1-5-9-13-17(14-10-6-2,15-11-7-3)16-12-8-4;2-1-3/h5-16H2,1-4H3;(H,2,3)/q+1;. The summed E-state index contributed by atoms with van der Waals surface area (Å²) in [5.41, 5.74) is 0. The molecule has 1 N–H and O–H groups in total. The van der Waals surface area contributed by atoms with Crippen LogP contribution in [0.25, 0.3) is 0 Å². The highest BCUT2D eigenvalue weighted by atomic mass is 16.6. The monoisotopic (exact) mass is 289 g/mol. The summed E-state index contributed by atoms with van der Waals surface area (Å²) in [5.74, 6) is 0. The van der Waals surface area contributed by atoms with E-state index >= 15 is 0 Å². The van der Waals surface area contributed by atoms with Gasteiger partial charge in [0, 0.05) is 0 Å². The number of rotatable bonds is 12. The van der Waals surface area contributed by atoms with Gasteiger partial charge >= 0.3 is 0 Å². The van der Waals surface area contributed by atoms with Gasteiger partial charge in [-0.3, -0.25) is 0 Å². The third-order valence-electron chi connectivity index (χ3n) is 3.94. The lowest BCUT2D eigenvalue weighted by Crippen LogP contribution is -2.50. The Morgan fingerprint density at radius 3 is 1.05 bits per heavy atom. The quantitative estimate of drug-likeness (QED) is 0.307. The summed E-state index contributed by atoms with van der Waals surface area (Å²) in [7, 11) is 0. The molecule has 0 atom stereocenters. The lowest BCUT2D eigenvalue weighted by Gasteiger charge is -2.39. The van der Waals surface area contributed by atoms with Gasteiger partial charge in [0.2, 0.25) is 0 Å². The second-order valence-electron chi connectivity index (χ2n) is 5.73. The normalized spacial score (nSPS) is 10.8. The fraction of sp³-hybridized carbons (Fsp3) is 1.00. The van der Waals surface area contributed by atoms with Crippen molar-refractivity contribution in [2.24, 2.45) is 5.34 Å². The van der Waals surface area contributed by atoms with E-state index in [1.54, 1.807) is 0 Å². The van der Waals surface area contributed by atoms with E-state index in [1.165, 1.54) is 87.4 Å². The van der Waals surface area contributed by atoms with Crippen LogP contribution in [0.3, 0.4) is 0 Å². The van der Waals surface area contributed by atoms with Gasteiger partial charge in [-0.05, 0) is 25.7 Å². The van der Waals surface area contributed by atoms with Gasteiger partial charge in [-0.2, -0.15) is 0 Å². The molecule has 4 nitrogen and oxygen atoms in total. The predicted octanol–water partition coefficient (Wildman–Crippen LogP) is 5.15. The van der Waals surface area contributed by atoms with Gasteiger partial charge in [-0.15, -0.1) is 4.91 Å². The maximum absolute atomic E-state index is 8.11. The molecule has 0 radical (unpaired) electrons. The molecule has 20 heavy (non-hydrogen) atoms. The van der Waals surface area contributed by atoms with Crippen LogP contribution in [-0.4, -0.2) is 35.9 Å². The van der Waals surface area contributed by atoms with E-state index in [0.29, 0.717) is 0 Å². The Kier molecular flexibility index (Phi) is 17.8. The Morgan fingerprint density at radius 1 is 0.700 bits per heavy atom. The molecule has 0 unspecified atom stereocenters. The van der Waals surface area contributed by atoms with Gasteiger partial charge in [0.1, 0.15) is 0 Å². The number of hydrogen-bond acceptors (Lipinski definition) is 2. The van der Waals surface area contributed by atoms with Gasteiger partial charge in [-0.1, -0.05) is 53.4 Å². The second-order valence-corrected chi connectivity index (χ2v) is 5.73. The van der Waals surface area contributed by atoms with Crippen LogP contribution in [0.1, 0.15) is 79.1 Å². The SMILES string of the molecule is CCCC[N+](CCCC)(CCCC)CCCC.O=NO. The van der Waals surface area contributed by atoms with Crippen LogP contribution in [0.4, 0.5) is 0 Å². The average molecular weight is 289 g/mol. The minimum absolute atomic E-state index is 1.25. The van der Waals surface area contributed by atoms with E-state index in [0.717, 1.165) is 0 Å². The molecule has 0 heterocycles. The number of unbranched alkanes of at least 4 members (excludes halogenated alkanes) is 4. The first-order chi connectivity index (χ1) is 9.66. The van der Waals surface area contributed by atoms with Gasteiger partial charge in [-0.25, -0.2) is 0 Å². The summed E-state index contributed by atoms with van der Waals surface area (Å²) in [5, 5.41) is 7.89. The Hall–Kier alpha value is -0.640. The van der Waals surface area contributed by atoms with Crippen LogP contribution < -0.4 is 0 Å². The van der Waals surface area contributed by atoms with E-state index in [9.17, 15) is 0 Å². The van der Waals surface area contributed by atoms with Crippen LogP contribution in [0.5, 0.6) is 0 Å². The molecule has 4 heteroatoms. The third-order valence-corrected chi connectivity index (χ3v) is 3.94. The fourth-order valence-corrected chi connectivity index (χ4v) is 2.64. The fourth-order valence-electron chi connectivity index (χ4n) is 2.64. The van der Waals surface area contributed by atoms with Gasteiger partial charge in [0.05, 0.1) is 26.2 Å². The van der Waals surface area contributed by atoms with Gasteiger partial charge in [0.25, 0.3) is 0 Å². The smallest absolute Gasteiger partial charge is 0.152 e. The Labute approximate surface area is 126 Å². The second kappa shape index (κ2) is 16.4. The predicted molar refractivity (Wildman–Crippen MR) is 86.9 cm³/mol. The van der Waals surface area contributed by atoms with E-state index in [4.69, 9.17) is 10.1 Å². The molecule has 0 aromatic rings. The molecule has 0 amide bonds. The van der Waals surface area contributed by atoms with Gasteiger partial charge in [0.15, 0.2) is 5.34 Å². The maximum atomic E-state index is 8.11. The minimum atomic E-state index is 1.25. The van der Waals surface area contributed by atoms with Crippen molar-refractivity contribution in [3.8, 4) is 0 Å². The molecule has 0 bridgehead atoms. The minimum Gasteiger partial charge on any atom is -0.379 e. The Bertz CT molecular complexity index is 161. The van der Waals surface area contributed by atoms with Crippen molar-refractivity contribution in [1.82, 2.24) is 0 Å². The molecule has 0 aromatic heterocycles. The number of quaternary nitrogens is 1. The zero-order chi connectivity index (χ0) is 15.7. The molecular formula is C16H37N2O2+. The maximum Gasteiger partial charge on any atom is 0.152 e. The molecule has 0 fully saturated rings. The van der Waals surface area contributed by atoms with E-state index in [-0.39, 0.29) is 0 Å². The summed E-state index contributed by atoms with van der Waals surface area (Å²) < 4.78 is 1.42. The van der Waals surface area contributed by atoms with Crippen LogP contribution in [0, 0.1) is 4.91 Å². The van der Waals surface area contributed by atoms with E-state index in [2.05, 4.69) is 27.7 Å². The lowest BCUT2D eigenvalue weighted by atomic mass is 10.1. The highest BCUT2D eigenvalue weighted by Gasteiger charge is 2.24. The molecule has 0 rings (SSSR count). The van der Waals surface area contributed by atoms with Crippen LogP contribution in [0.15, 0.2) is 5.34 Å². The summed E-state index contributed by atoms with van der Waals surface area (Å²) in [6.45, 7) is 15.0. The molecule has 0 spiro atoms. The highest BCUT2D eigenvalue weighted by Crippen LogP contribution is 2.16. The summed E-state index contributed by atoms with van der Waals surface area (Å²) in [6.07, 6.45) is 11.1. The number of nitrogens with zero attached hydrogens (tertiary/aromatic N) is 2. The molecule has 0 aliphatic rings. The average Bonchev–Trinajstić information content (AvgIpc) is 2.46. The molecule has 122 valence electrons. The summed E-state index contributed by atoms with van der Waals surface area (Å²) >= 11 is 0. The van der Waals surface area contributed by atoms with Crippen molar-refractivity contribution in [3.05, 3.63) is 4.91 Å². The van der Waals surface area contributed by atoms with Crippen molar-refractivity contribution in [1.29, 1.82) is 0 Å². The largest absolute Gasteiger partial charge is 0.379 e. The van der Waals surface area contributed by atoms with Crippen molar-refractivity contribution >= 4 is 0 Å². The van der Waals surface area contributed by atoms with E-state index < -0.39 is 0 Å². The molecule has 0 aliphatic heterocycles. The Morgan fingerprint density at radius 2 is 0.900 bits per heavy atom. The first kappa shape index (κ1) is 21.7. The molecular weight excluding hydrogens is 252 g/mol. The van der Waals surface area contributed by atoms with Gasteiger partial charge < -0.3 is 9.69 Å². The highest BCUT2D eigenvalue weighted by molar-refractivity contribution is 4.49. The first-order valence-corrected chi connectivity index (χ1v) is 8.48. The third kappa shape index (κ3) is 12.4. The number of hydrogen-bond donors (Lipinski definition) is 1. The first-order valence-electron chi connectivity index (χ1n) is 8.48. The van der Waals surface area contributed by atoms with Crippen LogP contribution in [-0.2, 0) is 0 Å². The summed E-state index contributed by atoms with van der Waals surface area (Å²) in [4.78, 5) is 8.11. The molecule has 0 saturated carbocycles. The lowest BCUT2D eigenvalue weighted by molar-refractivity contribution is -0.929. The topological polar surface area (TPSA) is 49.7 Å².